The lowest BCUT2D eigenvalue weighted by atomic mass is 9.87. The maximum atomic E-state index is 12.3. The Hall–Kier alpha value is -2.82. The summed E-state index contributed by atoms with van der Waals surface area (Å²) in [7, 11) is 0. The van der Waals surface area contributed by atoms with Crippen LogP contribution in [0.4, 0.5) is 0 Å². The maximum Gasteiger partial charge on any atom is 0.163 e. The van der Waals surface area contributed by atoms with Gasteiger partial charge in [0.1, 0.15) is 0 Å². The fourth-order valence-electron chi connectivity index (χ4n) is 2.66. The lowest BCUT2D eigenvalue weighted by Gasteiger charge is -2.19. The first-order valence-electron chi connectivity index (χ1n) is 8.41. The van der Waals surface area contributed by atoms with Gasteiger partial charge in [-0.2, -0.15) is 4.68 Å². The van der Waals surface area contributed by atoms with Gasteiger partial charge in [0.05, 0.1) is 5.69 Å². The lowest BCUT2D eigenvalue weighted by Crippen LogP contribution is -2.11. The van der Waals surface area contributed by atoms with Crippen LogP contribution in [-0.4, -0.2) is 26.0 Å². The van der Waals surface area contributed by atoms with E-state index in [4.69, 9.17) is 0 Å². The van der Waals surface area contributed by atoms with Crippen molar-refractivity contribution < 1.29 is 4.79 Å². The molecule has 128 valence electrons. The zero-order valence-corrected chi connectivity index (χ0v) is 14.8. The molecule has 5 nitrogen and oxygen atoms in total. The van der Waals surface area contributed by atoms with Crippen LogP contribution in [0.25, 0.3) is 5.69 Å². The monoisotopic (exact) mass is 334 g/mol. The summed E-state index contributed by atoms with van der Waals surface area (Å²) in [6.07, 6.45) is 0.881. The molecule has 0 saturated heterocycles. The Kier molecular flexibility index (Phi) is 4.74. The summed E-state index contributed by atoms with van der Waals surface area (Å²) in [5.41, 5.74) is 2.98. The van der Waals surface area contributed by atoms with Crippen molar-refractivity contribution in [2.45, 2.75) is 39.0 Å². The highest BCUT2D eigenvalue weighted by molar-refractivity contribution is 5.96. The van der Waals surface area contributed by atoms with Crippen LogP contribution < -0.4 is 0 Å². The number of hydrogen-bond donors (Lipinski definition) is 0. The highest BCUT2D eigenvalue weighted by atomic mass is 16.1. The van der Waals surface area contributed by atoms with Crippen molar-refractivity contribution in [3.8, 4) is 5.69 Å². The van der Waals surface area contributed by atoms with Gasteiger partial charge in [0, 0.05) is 18.4 Å². The molecule has 0 unspecified atom stereocenters. The summed E-state index contributed by atoms with van der Waals surface area (Å²) in [6, 6.07) is 17.5. The van der Waals surface area contributed by atoms with Gasteiger partial charge in [0.2, 0.25) is 0 Å². The van der Waals surface area contributed by atoms with Crippen LogP contribution in [0.3, 0.4) is 0 Å². The highest BCUT2D eigenvalue weighted by Gasteiger charge is 2.15. The second kappa shape index (κ2) is 6.97. The Morgan fingerprint density at radius 2 is 1.68 bits per heavy atom. The van der Waals surface area contributed by atoms with Gasteiger partial charge >= 0.3 is 0 Å². The van der Waals surface area contributed by atoms with Gasteiger partial charge in [0.25, 0.3) is 0 Å². The van der Waals surface area contributed by atoms with Crippen molar-refractivity contribution in [1.29, 1.82) is 0 Å². The van der Waals surface area contributed by atoms with Crippen LogP contribution in [-0.2, 0) is 11.8 Å². The van der Waals surface area contributed by atoms with Crippen LogP contribution in [0, 0.1) is 0 Å². The van der Waals surface area contributed by atoms with E-state index in [1.54, 1.807) is 4.68 Å². The lowest BCUT2D eigenvalue weighted by molar-refractivity contribution is 0.0982. The Morgan fingerprint density at radius 1 is 1.00 bits per heavy atom. The zero-order chi connectivity index (χ0) is 17.9. The standard InChI is InChI=1S/C20H22N4O/c1-20(2,3)16-9-11-17(12-10-16)24-19(21-22-23-24)14-13-18(25)15-7-5-4-6-8-15/h4-12H,13-14H2,1-3H3. The van der Waals surface area contributed by atoms with Gasteiger partial charge in [-0.05, 0) is 33.5 Å². The molecule has 3 rings (SSSR count). The fourth-order valence-corrected chi connectivity index (χ4v) is 2.66. The van der Waals surface area contributed by atoms with Gasteiger partial charge in [-0.25, -0.2) is 0 Å². The molecule has 0 atom stereocenters. The number of aryl methyl sites for hydroxylation is 1. The number of hydrogen-bond acceptors (Lipinski definition) is 4. The van der Waals surface area contributed by atoms with Gasteiger partial charge in [-0.3, -0.25) is 4.79 Å². The molecule has 0 spiro atoms. The Labute approximate surface area is 147 Å². The number of carbonyl (C=O) groups is 1. The van der Waals surface area contributed by atoms with Gasteiger partial charge < -0.3 is 0 Å². The van der Waals surface area contributed by atoms with Crippen molar-refractivity contribution in [3.05, 3.63) is 71.5 Å². The molecule has 25 heavy (non-hydrogen) atoms. The maximum absolute atomic E-state index is 12.3. The van der Waals surface area contributed by atoms with E-state index in [1.165, 1.54) is 5.56 Å². The molecule has 0 aliphatic rings. The van der Waals surface area contributed by atoms with Crippen LogP contribution in [0.1, 0.15) is 48.9 Å². The number of Topliss-reactive ketones (excluding diaryl/α,β-unsaturated/α-hetero) is 1. The summed E-state index contributed by atoms with van der Waals surface area (Å²) < 4.78 is 1.70. The Balaban J connectivity index is 1.74. The fraction of sp³-hybridized carbons (Fsp3) is 0.300. The van der Waals surface area contributed by atoms with E-state index < -0.39 is 0 Å². The predicted octanol–water partition coefficient (Wildman–Crippen LogP) is 3.78. The largest absolute Gasteiger partial charge is 0.294 e. The highest BCUT2D eigenvalue weighted by Crippen LogP contribution is 2.23. The van der Waals surface area contributed by atoms with E-state index in [1.807, 2.05) is 42.5 Å². The van der Waals surface area contributed by atoms with Crippen LogP contribution in [0.5, 0.6) is 0 Å². The van der Waals surface area contributed by atoms with E-state index in [0.29, 0.717) is 18.7 Å². The quantitative estimate of drug-likeness (QED) is 0.666. The molecule has 0 fully saturated rings. The first kappa shape index (κ1) is 17.0. The molecule has 2 aromatic carbocycles. The molecular formula is C20H22N4O. The van der Waals surface area contributed by atoms with E-state index in [2.05, 4.69) is 48.4 Å². The molecule has 3 aromatic rings. The van der Waals surface area contributed by atoms with Crippen molar-refractivity contribution in [2.24, 2.45) is 0 Å². The van der Waals surface area contributed by atoms with E-state index in [-0.39, 0.29) is 11.2 Å². The number of tetrazole rings is 1. The second-order valence-corrected chi connectivity index (χ2v) is 7.09. The SMILES string of the molecule is CC(C)(C)c1ccc(-n2nnnc2CCC(=O)c2ccccc2)cc1. The van der Waals surface area contributed by atoms with E-state index in [0.717, 1.165) is 11.3 Å². The van der Waals surface area contributed by atoms with Crippen molar-refractivity contribution in [2.75, 3.05) is 0 Å². The first-order valence-corrected chi connectivity index (χ1v) is 8.41. The molecule has 0 aliphatic carbocycles. The molecule has 0 radical (unpaired) electrons. The van der Waals surface area contributed by atoms with Crippen LogP contribution in [0.2, 0.25) is 0 Å². The normalized spacial score (nSPS) is 11.5. The second-order valence-electron chi connectivity index (χ2n) is 7.09. The van der Waals surface area contributed by atoms with Crippen molar-refractivity contribution in [3.63, 3.8) is 0 Å². The average Bonchev–Trinajstić information content (AvgIpc) is 3.08. The van der Waals surface area contributed by atoms with Crippen LogP contribution in [0.15, 0.2) is 54.6 Å². The van der Waals surface area contributed by atoms with Gasteiger partial charge in [-0.15, -0.1) is 5.10 Å². The number of carbonyl (C=O) groups excluding carboxylic acids is 1. The number of nitrogens with zero attached hydrogens (tertiary/aromatic N) is 4. The molecule has 0 N–H and O–H groups in total. The first-order chi connectivity index (χ1) is 11.9. The third kappa shape index (κ3) is 3.99. The molecule has 0 saturated carbocycles. The van der Waals surface area contributed by atoms with E-state index in [9.17, 15) is 4.79 Å². The molecule has 0 aliphatic heterocycles. The topological polar surface area (TPSA) is 60.7 Å². The zero-order valence-electron chi connectivity index (χ0n) is 14.8. The van der Waals surface area contributed by atoms with Gasteiger partial charge in [-0.1, -0.05) is 63.2 Å². The molecule has 5 heteroatoms. The Morgan fingerprint density at radius 3 is 2.32 bits per heavy atom. The Bertz CT molecular complexity index is 845. The summed E-state index contributed by atoms with van der Waals surface area (Å²) in [5, 5.41) is 11.9. The summed E-state index contributed by atoms with van der Waals surface area (Å²) in [4.78, 5) is 12.3. The number of ketones is 1. The van der Waals surface area contributed by atoms with E-state index >= 15 is 0 Å². The summed E-state index contributed by atoms with van der Waals surface area (Å²) in [6.45, 7) is 6.54. The minimum absolute atomic E-state index is 0.0956. The van der Waals surface area contributed by atoms with Gasteiger partial charge in [0.15, 0.2) is 11.6 Å². The van der Waals surface area contributed by atoms with Crippen molar-refractivity contribution in [1.82, 2.24) is 20.2 Å². The summed E-state index contributed by atoms with van der Waals surface area (Å²) in [5.74, 6) is 0.783. The predicted molar refractivity (Wildman–Crippen MR) is 96.9 cm³/mol. The summed E-state index contributed by atoms with van der Waals surface area (Å²) >= 11 is 0. The molecule has 0 amide bonds. The van der Waals surface area contributed by atoms with Crippen molar-refractivity contribution >= 4 is 5.78 Å². The number of aromatic nitrogens is 4. The minimum atomic E-state index is 0.0956. The average molecular weight is 334 g/mol. The smallest absolute Gasteiger partial charge is 0.163 e. The van der Waals surface area contributed by atoms with Crippen LogP contribution >= 0.6 is 0 Å². The molecule has 1 aromatic heterocycles. The third-order valence-electron chi connectivity index (χ3n) is 4.18. The molecule has 0 bridgehead atoms. The molecular weight excluding hydrogens is 312 g/mol. The molecule has 1 heterocycles. The number of rotatable bonds is 5. The third-order valence-corrected chi connectivity index (χ3v) is 4.18. The number of benzene rings is 2. The minimum Gasteiger partial charge on any atom is -0.294 e.